The fraction of sp³-hybridized carbons (Fsp3) is 0.455. The van der Waals surface area contributed by atoms with Gasteiger partial charge in [-0.3, -0.25) is 0 Å². The molecule has 0 fully saturated rings. The number of aliphatic hydroxyl groups is 1. The van der Waals surface area contributed by atoms with Gasteiger partial charge in [0.05, 0.1) is 27.4 Å². The summed E-state index contributed by atoms with van der Waals surface area (Å²) in [6.45, 7) is 0.0577. The summed E-state index contributed by atoms with van der Waals surface area (Å²) in [6, 6.07) is 1.60. The van der Waals surface area contributed by atoms with Crippen LogP contribution >= 0.6 is 11.6 Å². The molecule has 5 nitrogen and oxygen atoms in total. The number of benzene rings is 1. The van der Waals surface area contributed by atoms with Gasteiger partial charge in [0.15, 0.2) is 11.5 Å². The molecule has 0 heterocycles. The Balaban J connectivity index is 3.45. The molecule has 1 unspecified atom stereocenters. The third kappa shape index (κ3) is 2.57. The van der Waals surface area contributed by atoms with E-state index in [1.807, 2.05) is 0 Å². The van der Waals surface area contributed by atoms with Crippen LogP contribution in [0.25, 0.3) is 0 Å². The highest BCUT2D eigenvalue weighted by Crippen LogP contribution is 2.45. The van der Waals surface area contributed by atoms with E-state index in [-0.39, 0.29) is 11.6 Å². The SMILES string of the molecule is COc1cc(C(O)CN)c(OC)c(Cl)c1OC. The topological polar surface area (TPSA) is 73.9 Å². The third-order valence-corrected chi connectivity index (χ3v) is 2.72. The monoisotopic (exact) mass is 261 g/mol. The van der Waals surface area contributed by atoms with Gasteiger partial charge in [0, 0.05) is 12.1 Å². The molecular weight excluding hydrogens is 246 g/mol. The maximum atomic E-state index is 9.79. The number of methoxy groups -OCH3 is 3. The summed E-state index contributed by atoms with van der Waals surface area (Å²) in [6.07, 6.45) is -0.873. The Labute approximate surface area is 105 Å². The quantitative estimate of drug-likeness (QED) is 0.837. The lowest BCUT2D eigenvalue weighted by molar-refractivity contribution is 0.181. The normalized spacial score (nSPS) is 12.1. The number of halogens is 1. The maximum absolute atomic E-state index is 9.79. The van der Waals surface area contributed by atoms with E-state index in [2.05, 4.69) is 0 Å². The number of rotatable bonds is 5. The molecule has 0 saturated carbocycles. The van der Waals surface area contributed by atoms with E-state index >= 15 is 0 Å². The first-order valence-electron chi connectivity index (χ1n) is 4.97. The van der Waals surface area contributed by atoms with Crippen LogP contribution in [-0.2, 0) is 0 Å². The number of hydrogen-bond donors (Lipinski definition) is 2. The highest BCUT2D eigenvalue weighted by atomic mass is 35.5. The second-order valence-electron chi connectivity index (χ2n) is 3.30. The maximum Gasteiger partial charge on any atom is 0.183 e. The molecule has 0 aromatic heterocycles. The van der Waals surface area contributed by atoms with Crippen molar-refractivity contribution in [1.82, 2.24) is 0 Å². The summed E-state index contributed by atoms with van der Waals surface area (Å²) in [4.78, 5) is 0. The molecule has 17 heavy (non-hydrogen) atoms. The molecule has 0 aliphatic rings. The molecule has 0 spiro atoms. The van der Waals surface area contributed by atoms with Crippen molar-refractivity contribution in [3.8, 4) is 17.2 Å². The predicted octanol–water partition coefficient (Wildman–Crippen LogP) is 1.36. The van der Waals surface area contributed by atoms with Gasteiger partial charge in [-0.1, -0.05) is 11.6 Å². The van der Waals surface area contributed by atoms with Crippen molar-refractivity contribution < 1.29 is 19.3 Å². The number of ether oxygens (including phenoxy) is 3. The van der Waals surface area contributed by atoms with Crippen LogP contribution in [0.2, 0.25) is 5.02 Å². The lowest BCUT2D eigenvalue weighted by Gasteiger charge is -2.18. The van der Waals surface area contributed by atoms with E-state index in [1.54, 1.807) is 6.07 Å². The van der Waals surface area contributed by atoms with E-state index in [9.17, 15) is 5.11 Å². The Morgan fingerprint density at radius 1 is 1.24 bits per heavy atom. The molecule has 0 aliphatic heterocycles. The zero-order valence-electron chi connectivity index (χ0n) is 9.99. The summed E-state index contributed by atoms with van der Waals surface area (Å²) >= 11 is 6.12. The Morgan fingerprint density at radius 2 is 1.82 bits per heavy atom. The van der Waals surface area contributed by atoms with Crippen molar-refractivity contribution >= 4 is 11.6 Å². The van der Waals surface area contributed by atoms with Crippen LogP contribution in [0.15, 0.2) is 6.07 Å². The van der Waals surface area contributed by atoms with Gasteiger partial charge >= 0.3 is 0 Å². The minimum absolute atomic E-state index is 0.0577. The smallest absolute Gasteiger partial charge is 0.183 e. The molecule has 3 N–H and O–H groups in total. The first-order chi connectivity index (χ1) is 8.10. The van der Waals surface area contributed by atoms with Gasteiger partial charge in [-0.15, -0.1) is 0 Å². The third-order valence-electron chi connectivity index (χ3n) is 2.38. The molecular formula is C11H16ClNO4. The number of nitrogens with two attached hydrogens (primary N) is 1. The van der Waals surface area contributed by atoms with Crippen LogP contribution in [0.4, 0.5) is 0 Å². The molecule has 1 aromatic rings. The van der Waals surface area contributed by atoms with E-state index in [4.69, 9.17) is 31.5 Å². The van der Waals surface area contributed by atoms with Crippen molar-refractivity contribution in [3.05, 3.63) is 16.7 Å². The van der Waals surface area contributed by atoms with Gasteiger partial charge in [0.25, 0.3) is 0 Å². The van der Waals surface area contributed by atoms with Gasteiger partial charge in [-0.2, -0.15) is 0 Å². The van der Waals surface area contributed by atoms with E-state index < -0.39 is 6.10 Å². The van der Waals surface area contributed by atoms with E-state index in [0.29, 0.717) is 22.8 Å². The Kier molecular flexibility index (Phi) is 4.86. The predicted molar refractivity (Wildman–Crippen MR) is 65.1 cm³/mol. The molecule has 0 aliphatic carbocycles. The van der Waals surface area contributed by atoms with Gasteiger partial charge in [0.1, 0.15) is 10.8 Å². The standard InChI is InChI=1S/C11H16ClNO4/c1-15-8-4-6(7(14)5-13)10(16-2)9(12)11(8)17-3/h4,7,14H,5,13H2,1-3H3. The first kappa shape index (κ1) is 13.9. The van der Waals surface area contributed by atoms with Crippen molar-refractivity contribution in [2.75, 3.05) is 27.9 Å². The second kappa shape index (κ2) is 5.95. The van der Waals surface area contributed by atoms with Gasteiger partial charge in [-0.25, -0.2) is 0 Å². The fourth-order valence-corrected chi connectivity index (χ4v) is 1.89. The van der Waals surface area contributed by atoms with Crippen LogP contribution in [0.3, 0.4) is 0 Å². The highest BCUT2D eigenvalue weighted by Gasteiger charge is 2.22. The van der Waals surface area contributed by atoms with E-state index in [0.717, 1.165) is 0 Å². The van der Waals surface area contributed by atoms with Crippen molar-refractivity contribution in [2.24, 2.45) is 5.73 Å². The summed E-state index contributed by atoms with van der Waals surface area (Å²) in [5, 5.41) is 10.0. The highest BCUT2D eigenvalue weighted by molar-refractivity contribution is 6.34. The zero-order chi connectivity index (χ0) is 13.0. The Bertz CT molecular complexity index is 398. The number of aliphatic hydroxyl groups excluding tert-OH is 1. The lowest BCUT2D eigenvalue weighted by atomic mass is 10.1. The summed E-state index contributed by atoms with van der Waals surface area (Å²) < 4.78 is 15.4. The van der Waals surface area contributed by atoms with Crippen molar-refractivity contribution in [1.29, 1.82) is 0 Å². The van der Waals surface area contributed by atoms with Crippen molar-refractivity contribution in [3.63, 3.8) is 0 Å². The molecule has 1 rings (SSSR count). The summed E-state index contributed by atoms with van der Waals surface area (Å²) in [7, 11) is 4.42. The Morgan fingerprint density at radius 3 is 2.24 bits per heavy atom. The molecule has 0 radical (unpaired) electrons. The lowest BCUT2D eigenvalue weighted by Crippen LogP contribution is -2.13. The molecule has 0 bridgehead atoms. The molecule has 1 atom stereocenters. The molecule has 0 saturated heterocycles. The fourth-order valence-electron chi connectivity index (χ4n) is 1.53. The van der Waals surface area contributed by atoms with Crippen LogP contribution in [0.5, 0.6) is 17.2 Å². The average molecular weight is 262 g/mol. The van der Waals surface area contributed by atoms with Gasteiger partial charge in [-0.05, 0) is 6.07 Å². The van der Waals surface area contributed by atoms with Gasteiger partial charge < -0.3 is 25.1 Å². The minimum atomic E-state index is -0.873. The van der Waals surface area contributed by atoms with Gasteiger partial charge in [0.2, 0.25) is 0 Å². The minimum Gasteiger partial charge on any atom is -0.495 e. The second-order valence-corrected chi connectivity index (χ2v) is 3.68. The first-order valence-corrected chi connectivity index (χ1v) is 5.34. The van der Waals surface area contributed by atoms with Crippen molar-refractivity contribution in [2.45, 2.75) is 6.10 Å². The summed E-state index contributed by atoms with van der Waals surface area (Å²) in [5.41, 5.74) is 5.89. The zero-order valence-corrected chi connectivity index (χ0v) is 10.7. The largest absolute Gasteiger partial charge is 0.495 e. The van der Waals surface area contributed by atoms with E-state index in [1.165, 1.54) is 21.3 Å². The van der Waals surface area contributed by atoms with Crippen LogP contribution in [0, 0.1) is 0 Å². The Hall–Kier alpha value is -1.17. The number of hydrogen-bond acceptors (Lipinski definition) is 5. The molecule has 96 valence electrons. The molecule has 0 amide bonds. The van der Waals surface area contributed by atoms with Crippen LogP contribution in [0.1, 0.15) is 11.7 Å². The average Bonchev–Trinajstić information content (AvgIpc) is 2.36. The van der Waals surface area contributed by atoms with Crippen LogP contribution < -0.4 is 19.9 Å². The summed E-state index contributed by atoms with van der Waals surface area (Å²) in [5.74, 6) is 1.11. The van der Waals surface area contributed by atoms with Crippen LogP contribution in [-0.4, -0.2) is 33.0 Å². The molecule has 6 heteroatoms. The molecule has 1 aromatic carbocycles.